The van der Waals surface area contributed by atoms with E-state index in [-0.39, 0.29) is 24.9 Å². The van der Waals surface area contributed by atoms with Gasteiger partial charge in [0.25, 0.3) is 0 Å². The molecule has 1 N–H and O–H groups in total. The van der Waals surface area contributed by atoms with E-state index in [1.165, 1.54) is 4.90 Å². The molecule has 0 fully saturated rings. The van der Waals surface area contributed by atoms with Gasteiger partial charge in [-0.1, -0.05) is 30.3 Å². The summed E-state index contributed by atoms with van der Waals surface area (Å²) in [5.74, 6) is 0.322. The molecule has 0 spiro atoms. The van der Waals surface area contributed by atoms with E-state index in [9.17, 15) is 9.59 Å². The van der Waals surface area contributed by atoms with Gasteiger partial charge >= 0.3 is 0 Å². The first-order valence-electron chi connectivity index (χ1n) is 8.76. The van der Waals surface area contributed by atoms with Crippen molar-refractivity contribution >= 4 is 28.3 Å². The van der Waals surface area contributed by atoms with Crippen molar-refractivity contribution in [3.8, 4) is 0 Å². The topological polar surface area (TPSA) is 65.8 Å². The molecule has 6 heteroatoms. The second-order valence-electron chi connectivity index (χ2n) is 6.49. The predicted molar refractivity (Wildman–Crippen MR) is 105 cm³/mol. The van der Waals surface area contributed by atoms with E-state index in [1.807, 2.05) is 42.3 Å². The molecular formula is C21H23N3O3. The molecule has 0 saturated carbocycles. The van der Waals surface area contributed by atoms with E-state index in [2.05, 4.69) is 17.4 Å². The van der Waals surface area contributed by atoms with Crippen molar-refractivity contribution in [1.29, 1.82) is 0 Å². The average Bonchev–Trinajstić information content (AvgIpc) is 3.19. The number of nitrogens with one attached hydrogen (secondary N) is 1. The molecule has 1 heterocycles. The molecule has 2 amide bonds. The Morgan fingerprint density at radius 2 is 1.74 bits per heavy atom. The van der Waals surface area contributed by atoms with Crippen molar-refractivity contribution in [3.05, 3.63) is 66.6 Å². The summed E-state index contributed by atoms with van der Waals surface area (Å²) in [7, 11) is 3.50. The second kappa shape index (κ2) is 8.40. The third-order valence-electron chi connectivity index (χ3n) is 4.39. The Morgan fingerprint density at radius 3 is 2.48 bits per heavy atom. The van der Waals surface area contributed by atoms with E-state index in [0.717, 1.165) is 16.5 Å². The van der Waals surface area contributed by atoms with Crippen LogP contribution in [0, 0.1) is 0 Å². The van der Waals surface area contributed by atoms with Gasteiger partial charge < -0.3 is 19.5 Å². The summed E-state index contributed by atoms with van der Waals surface area (Å²) in [6, 6.07) is 17.7. The molecule has 0 saturated heterocycles. The van der Waals surface area contributed by atoms with Crippen molar-refractivity contribution in [2.45, 2.75) is 6.54 Å². The Labute approximate surface area is 158 Å². The van der Waals surface area contributed by atoms with Gasteiger partial charge in [-0.25, -0.2) is 0 Å². The number of fused-ring (bicyclic) bond motifs is 1. The minimum atomic E-state index is -0.226. The lowest BCUT2D eigenvalue weighted by Crippen LogP contribution is -2.42. The fourth-order valence-corrected chi connectivity index (χ4v) is 2.79. The van der Waals surface area contributed by atoms with Crippen LogP contribution >= 0.6 is 0 Å². The molecule has 0 aliphatic heterocycles. The van der Waals surface area contributed by atoms with Gasteiger partial charge in [0.1, 0.15) is 5.76 Å². The Balaban J connectivity index is 1.52. The largest absolute Gasteiger partial charge is 0.467 e. The van der Waals surface area contributed by atoms with Gasteiger partial charge in [0, 0.05) is 19.8 Å². The van der Waals surface area contributed by atoms with Crippen molar-refractivity contribution in [1.82, 2.24) is 10.2 Å². The lowest BCUT2D eigenvalue weighted by atomic mass is 10.1. The van der Waals surface area contributed by atoms with Crippen LogP contribution in [0.5, 0.6) is 0 Å². The average molecular weight is 365 g/mol. The number of hydrogen-bond donors (Lipinski definition) is 1. The Hall–Kier alpha value is -3.28. The van der Waals surface area contributed by atoms with Crippen LogP contribution in [-0.2, 0) is 16.1 Å². The fourth-order valence-electron chi connectivity index (χ4n) is 2.79. The number of carbonyl (C=O) groups excluding carboxylic acids is 2. The maximum Gasteiger partial charge on any atom is 0.242 e. The molecule has 140 valence electrons. The van der Waals surface area contributed by atoms with Crippen LogP contribution in [0.3, 0.4) is 0 Å². The first-order valence-corrected chi connectivity index (χ1v) is 8.76. The Morgan fingerprint density at radius 1 is 0.963 bits per heavy atom. The molecule has 0 bridgehead atoms. The van der Waals surface area contributed by atoms with Gasteiger partial charge in [-0.2, -0.15) is 0 Å². The molecule has 0 radical (unpaired) electrons. The number of carbonyl (C=O) groups is 2. The van der Waals surface area contributed by atoms with E-state index < -0.39 is 0 Å². The van der Waals surface area contributed by atoms with Crippen LogP contribution in [0.25, 0.3) is 10.8 Å². The van der Waals surface area contributed by atoms with Crippen LogP contribution in [0.4, 0.5) is 5.69 Å². The molecule has 3 aromatic rings. The van der Waals surface area contributed by atoms with Gasteiger partial charge in [-0.05, 0) is 35.0 Å². The second-order valence-corrected chi connectivity index (χ2v) is 6.49. The third-order valence-corrected chi connectivity index (χ3v) is 4.39. The van der Waals surface area contributed by atoms with Gasteiger partial charge in [0.15, 0.2) is 0 Å². The van der Waals surface area contributed by atoms with Gasteiger partial charge in [-0.3, -0.25) is 9.59 Å². The highest BCUT2D eigenvalue weighted by molar-refractivity contribution is 5.89. The highest BCUT2D eigenvalue weighted by Gasteiger charge is 2.15. The summed E-state index contributed by atoms with van der Waals surface area (Å²) in [4.78, 5) is 27.7. The zero-order chi connectivity index (χ0) is 19.2. The molecule has 0 aliphatic rings. The quantitative estimate of drug-likeness (QED) is 0.699. The highest BCUT2D eigenvalue weighted by atomic mass is 16.3. The third kappa shape index (κ3) is 4.88. The molecule has 0 atom stereocenters. The number of furan rings is 1. The minimum absolute atomic E-state index is 0.00506. The smallest absolute Gasteiger partial charge is 0.242 e. The highest BCUT2D eigenvalue weighted by Crippen LogP contribution is 2.21. The lowest BCUT2D eigenvalue weighted by Gasteiger charge is -2.23. The summed E-state index contributed by atoms with van der Waals surface area (Å²) in [5.41, 5.74) is 0.956. The Kier molecular flexibility index (Phi) is 5.76. The summed E-state index contributed by atoms with van der Waals surface area (Å²) >= 11 is 0. The first kappa shape index (κ1) is 18.5. The lowest BCUT2D eigenvalue weighted by molar-refractivity contribution is -0.133. The first-order chi connectivity index (χ1) is 13.0. The molecule has 0 aliphatic carbocycles. The zero-order valence-electron chi connectivity index (χ0n) is 15.5. The van der Waals surface area contributed by atoms with Gasteiger partial charge in [0.2, 0.25) is 11.8 Å². The number of amides is 2. The van der Waals surface area contributed by atoms with Crippen LogP contribution in [0.15, 0.2) is 65.3 Å². The van der Waals surface area contributed by atoms with Crippen molar-refractivity contribution in [3.63, 3.8) is 0 Å². The van der Waals surface area contributed by atoms with E-state index in [4.69, 9.17) is 4.42 Å². The van der Waals surface area contributed by atoms with Gasteiger partial charge in [-0.15, -0.1) is 0 Å². The Bertz CT molecular complexity index is 921. The van der Waals surface area contributed by atoms with E-state index in [0.29, 0.717) is 12.3 Å². The van der Waals surface area contributed by atoms with Crippen LogP contribution in [0.1, 0.15) is 5.76 Å². The van der Waals surface area contributed by atoms with Gasteiger partial charge in [0.05, 0.1) is 25.9 Å². The van der Waals surface area contributed by atoms with Crippen LogP contribution in [0.2, 0.25) is 0 Å². The SMILES string of the molecule is CN(CC(=O)NCc1ccco1)C(=O)CN(C)c1ccc2ccccc2c1. The normalized spacial score (nSPS) is 10.6. The maximum absolute atomic E-state index is 12.4. The molecule has 2 aromatic carbocycles. The number of rotatable bonds is 7. The molecule has 1 aromatic heterocycles. The summed E-state index contributed by atoms with van der Waals surface area (Å²) in [6.07, 6.45) is 1.56. The van der Waals surface area contributed by atoms with Crippen LogP contribution < -0.4 is 10.2 Å². The van der Waals surface area contributed by atoms with Crippen molar-refractivity contribution < 1.29 is 14.0 Å². The number of likely N-dealkylation sites (N-methyl/N-ethyl adjacent to an activating group) is 2. The van der Waals surface area contributed by atoms with Crippen LogP contribution in [-0.4, -0.2) is 43.9 Å². The minimum Gasteiger partial charge on any atom is -0.467 e. The monoisotopic (exact) mass is 365 g/mol. The molecule has 27 heavy (non-hydrogen) atoms. The predicted octanol–water partition coefficient (Wildman–Crippen LogP) is 2.64. The fraction of sp³-hybridized carbons (Fsp3) is 0.238. The number of anilines is 1. The summed E-state index contributed by atoms with van der Waals surface area (Å²) in [5, 5.41) is 5.02. The zero-order valence-corrected chi connectivity index (χ0v) is 15.5. The molecular weight excluding hydrogens is 342 g/mol. The maximum atomic E-state index is 12.4. The number of nitrogens with zero attached hydrogens (tertiary/aromatic N) is 2. The van der Waals surface area contributed by atoms with Crippen molar-refractivity contribution in [2.24, 2.45) is 0 Å². The molecule has 0 unspecified atom stereocenters. The standard InChI is InChI=1S/C21H23N3O3/c1-23(18-10-9-16-6-3-4-7-17(16)12-18)15-21(26)24(2)14-20(25)22-13-19-8-5-11-27-19/h3-12H,13-15H2,1-2H3,(H,22,25). The molecule has 6 nitrogen and oxygen atoms in total. The van der Waals surface area contributed by atoms with E-state index in [1.54, 1.807) is 25.4 Å². The summed E-state index contributed by atoms with van der Waals surface area (Å²) in [6.45, 7) is 0.510. The molecule has 3 rings (SSSR count). The summed E-state index contributed by atoms with van der Waals surface area (Å²) < 4.78 is 5.17. The van der Waals surface area contributed by atoms with Crippen molar-refractivity contribution in [2.75, 3.05) is 32.1 Å². The number of hydrogen-bond acceptors (Lipinski definition) is 4. The van der Waals surface area contributed by atoms with E-state index >= 15 is 0 Å². The number of benzene rings is 2.